The van der Waals surface area contributed by atoms with Gasteiger partial charge in [-0.3, -0.25) is 0 Å². The van der Waals surface area contributed by atoms with Gasteiger partial charge >= 0.3 is 0 Å². The number of ether oxygens (including phenoxy) is 2. The number of benzene rings is 2. The Labute approximate surface area is 162 Å². The third-order valence-corrected chi connectivity index (χ3v) is 5.91. The lowest BCUT2D eigenvalue weighted by Crippen LogP contribution is -2.28. The number of nitrogens with one attached hydrogen (secondary N) is 1. The van der Waals surface area contributed by atoms with Crippen LogP contribution >= 0.6 is 0 Å². The molecule has 0 aliphatic heterocycles. The minimum Gasteiger partial charge on any atom is -0.495 e. The van der Waals surface area contributed by atoms with Crippen molar-refractivity contribution in [1.82, 2.24) is 4.72 Å². The second kappa shape index (κ2) is 8.31. The molecule has 0 saturated carbocycles. The highest BCUT2D eigenvalue weighted by Gasteiger charge is 2.20. The van der Waals surface area contributed by atoms with Gasteiger partial charge in [-0.05, 0) is 60.2 Å². The molecule has 5 nitrogen and oxygen atoms in total. The Hall–Kier alpha value is -2.05. The molecule has 0 saturated heterocycles. The summed E-state index contributed by atoms with van der Waals surface area (Å²) < 4.78 is 38.8. The minimum atomic E-state index is -3.68. The van der Waals surface area contributed by atoms with Crippen LogP contribution in [-0.2, 0) is 15.4 Å². The first-order valence-electron chi connectivity index (χ1n) is 8.93. The molecule has 0 atom stereocenters. The molecule has 0 aliphatic carbocycles. The maximum Gasteiger partial charge on any atom is 0.244 e. The van der Waals surface area contributed by atoms with Gasteiger partial charge in [0.05, 0.1) is 7.11 Å². The predicted octanol–water partition coefficient (Wildman–Crippen LogP) is 3.97. The molecule has 0 amide bonds. The van der Waals surface area contributed by atoms with Gasteiger partial charge in [0.15, 0.2) is 0 Å². The third-order valence-electron chi connectivity index (χ3n) is 4.43. The molecule has 2 aromatic carbocycles. The number of sulfonamides is 1. The monoisotopic (exact) mass is 391 g/mol. The lowest BCUT2D eigenvalue weighted by Gasteiger charge is -2.19. The van der Waals surface area contributed by atoms with Crippen LogP contribution < -0.4 is 14.2 Å². The topological polar surface area (TPSA) is 64.6 Å². The molecular formula is C21H29NO4S. The Kier molecular flexibility index (Phi) is 6.54. The van der Waals surface area contributed by atoms with E-state index in [1.807, 2.05) is 32.0 Å². The van der Waals surface area contributed by atoms with Gasteiger partial charge in [-0.25, -0.2) is 13.1 Å². The van der Waals surface area contributed by atoms with Crippen LogP contribution in [0.4, 0.5) is 0 Å². The maximum atomic E-state index is 12.6. The predicted molar refractivity (Wildman–Crippen MR) is 108 cm³/mol. The molecule has 27 heavy (non-hydrogen) atoms. The molecule has 0 aliphatic rings. The van der Waals surface area contributed by atoms with Crippen LogP contribution in [0.3, 0.4) is 0 Å². The maximum absolute atomic E-state index is 12.6. The molecular weight excluding hydrogens is 362 g/mol. The van der Waals surface area contributed by atoms with Crippen LogP contribution in [0.1, 0.15) is 37.5 Å². The van der Waals surface area contributed by atoms with Crippen molar-refractivity contribution in [2.24, 2.45) is 0 Å². The molecule has 2 aromatic rings. The van der Waals surface area contributed by atoms with Crippen LogP contribution in [0.25, 0.3) is 0 Å². The Balaban J connectivity index is 2.02. The quantitative estimate of drug-likeness (QED) is 0.726. The van der Waals surface area contributed by atoms with Crippen molar-refractivity contribution in [1.29, 1.82) is 0 Å². The van der Waals surface area contributed by atoms with Gasteiger partial charge in [0.2, 0.25) is 10.0 Å². The van der Waals surface area contributed by atoms with Crippen molar-refractivity contribution in [2.45, 2.75) is 44.9 Å². The molecule has 148 valence electrons. The standard InChI is InChI=1S/C21H29NO4S/c1-15-12-19(25-6)20(13-16(15)2)27(23,24)22-10-11-26-18-9-7-8-17(14-18)21(3,4)5/h7-9,12-14,22H,10-11H2,1-6H3. The van der Waals surface area contributed by atoms with Crippen LogP contribution in [-0.4, -0.2) is 28.7 Å². The first-order valence-corrected chi connectivity index (χ1v) is 10.4. The van der Waals surface area contributed by atoms with Crippen molar-refractivity contribution in [3.05, 3.63) is 53.1 Å². The molecule has 6 heteroatoms. The highest BCUT2D eigenvalue weighted by molar-refractivity contribution is 7.89. The van der Waals surface area contributed by atoms with Gasteiger partial charge in [-0.15, -0.1) is 0 Å². The lowest BCUT2D eigenvalue weighted by molar-refractivity contribution is 0.321. The highest BCUT2D eigenvalue weighted by Crippen LogP contribution is 2.27. The van der Waals surface area contributed by atoms with E-state index in [9.17, 15) is 8.42 Å². The average Bonchev–Trinajstić information content (AvgIpc) is 2.60. The third kappa shape index (κ3) is 5.47. The van der Waals surface area contributed by atoms with Crippen molar-refractivity contribution in [3.63, 3.8) is 0 Å². The van der Waals surface area contributed by atoms with E-state index in [-0.39, 0.29) is 23.5 Å². The fraction of sp³-hybridized carbons (Fsp3) is 0.429. The number of aryl methyl sites for hydroxylation is 2. The van der Waals surface area contributed by atoms with E-state index < -0.39 is 10.0 Å². The van der Waals surface area contributed by atoms with Crippen molar-refractivity contribution < 1.29 is 17.9 Å². The lowest BCUT2D eigenvalue weighted by atomic mass is 9.87. The Morgan fingerprint density at radius 1 is 1.04 bits per heavy atom. The van der Waals surface area contributed by atoms with Crippen molar-refractivity contribution >= 4 is 10.0 Å². The summed E-state index contributed by atoms with van der Waals surface area (Å²) in [6.07, 6.45) is 0. The van der Waals surface area contributed by atoms with Crippen LogP contribution in [0, 0.1) is 13.8 Å². The molecule has 0 spiro atoms. The van der Waals surface area contributed by atoms with E-state index in [0.717, 1.165) is 16.9 Å². The SMILES string of the molecule is COc1cc(C)c(C)cc1S(=O)(=O)NCCOc1cccc(C(C)(C)C)c1. The molecule has 2 rings (SSSR count). The van der Waals surface area contributed by atoms with E-state index in [1.165, 1.54) is 12.7 Å². The van der Waals surface area contributed by atoms with Crippen LogP contribution in [0.5, 0.6) is 11.5 Å². The van der Waals surface area contributed by atoms with Crippen LogP contribution in [0.15, 0.2) is 41.3 Å². The fourth-order valence-electron chi connectivity index (χ4n) is 2.61. The summed E-state index contributed by atoms with van der Waals surface area (Å²) >= 11 is 0. The second-order valence-corrected chi connectivity index (χ2v) is 9.35. The number of hydrogen-bond acceptors (Lipinski definition) is 4. The van der Waals surface area contributed by atoms with Gasteiger partial charge in [-0.1, -0.05) is 32.9 Å². The summed E-state index contributed by atoms with van der Waals surface area (Å²) in [6.45, 7) is 10.6. The summed E-state index contributed by atoms with van der Waals surface area (Å²) in [7, 11) is -2.22. The normalized spacial score (nSPS) is 12.1. The zero-order valence-electron chi connectivity index (χ0n) is 16.9. The van der Waals surface area contributed by atoms with Crippen molar-refractivity contribution in [2.75, 3.05) is 20.3 Å². The van der Waals surface area contributed by atoms with Gasteiger partial charge < -0.3 is 9.47 Å². The van der Waals surface area contributed by atoms with Crippen molar-refractivity contribution in [3.8, 4) is 11.5 Å². The molecule has 0 fully saturated rings. The highest BCUT2D eigenvalue weighted by atomic mass is 32.2. The number of rotatable bonds is 7. The largest absolute Gasteiger partial charge is 0.495 e. The smallest absolute Gasteiger partial charge is 0.244 e. The molecule has 0 unspecified atom stereocenters. The number of methoxy groups -OCH3 is 1. The molecule has 1 N–H and O–H groups in total. The molecule has 0 heterocycles. The summed E-state index contributed by atoms with van der Waals surface area (Å²) in [6, 6.07) is 11.2. The second-order valence-electron chi connectivity index (χ2n) is 7.61. The van der Waals surface area contributed by atoms with Crippen LogP contribution in [0.2, 0.25) is 0 Å². The summed E-state index contributed by atoms with van der Waals surface area (Å²) in [5.74, 6) is 1.06. The molecule has 0 bridgehead atoms. The first-order chi connectivity index (χ1) is 12.5. The number of hydrogen-bond donors (Lipinski definition) is 1. The van der Waals surface area contributed by atoms with E-state index in [2.05, 4.69) is 31.6 Å². The Bertz CT molecular complexity index is 899. The first kappa shape index (κ1) is 21.3. The van der Waals surface area contributed by atoms with Gasteiger partial charge in [0, 0.05) is 6.54 Å². The van der Waals surface area contributed by atoms with Gasteiger partial charge in [-0.2, -0.15) is 0 Å². The fourth-order valence-corrected chi connectivity index (χ4v) is 3.85. The Morgan fingerprint density at radius 2 is 1.70 bits per heavy atom. The minimum absolute atomic E-state index is 0.0286. The van der Waals surface area contributed by atoms with Gasteiger partial charge in [0.25, 0.3) is 0 Å². The van der Waals surface area contributed by atoms with Gasteiger partial charge in [0.1, 0.15) is 23.0 Å². The summed E-state index contributed by atoms with van der Waals surface area (Å²) in [4.78, 5) is 0.142. The van der Waals surface area contributed by atoms with E-state index >= 15 is 0 Å². The average molecular weight is 392 g/mol. The Morgan fingerprint density at radius 3 is 2.33 bits per heavy atom. The zero-order chi connectivity index (χ0) is 20.2. The summed E-state index contributed by atoms with van der Waals surface area (Å²) in [5.41, 5.74) is 3.07. The zero-order valence-corrected chi connectivity index (χ0v) is 17.7. The molecule has 0 aromatic heterocycles. The van der Waals surface area contributed by atoms with E-state index in [4.69, 9.17) is 9.47 Å². The molecule has 0 radical (unpaired) electrons. The van der Waals surface area contributed by atoms with E-state index in [0.29, 0.717) is 5.75 Å². The van der Waals surface area contributed by atoms with E-state index in [1.54, 1.807) is 12.1 Å². The summed E-state index contributed by atoms with van der Waals surface area (Å²) in [5, 5.41) is 0.